The number of nitrogens with one attached hydrogen (secondary N) is 3. The van der Waals surface area contributed by atoms with Crippen LogP contribution in [0.3, 0.4) is 0 Å². The van der Waals surface area contributed by atoms with Crippen molar-refractivity contribution in [1.29, 1.82) is 0 Å². The Balaban J connectivity index is 1.66. The Hall–Kier alpha value is -2.93. The summed E-state index contributed by atoms with van der Waals surface area (Å²) in [5, 5.41) is 13.9. The van der Waals surface area contributed by atoms with Gasteiger partial charge >= 0.3 is 6.03 Å². The van der Waals surface area contributed by atoms with Crippen molar-refractivity contribution in [2.24, 2.45) is 0 Å². The number of hydrogen-bond donors (Lipinski definition) is 3. The lowest BCUT2D eigenvalue weighted by atomic mass is 10.1. The Labute approximate surface area is 136 Å². The van der Waals surface area contributed by atoms with Gasteiger partial charge < -0.3 is 10.6 Å². The molecular weight excluding hydrogens is 312 g/mol. The van der Waals surface area contributed by atoms with E-state index in [0.717, 1.165) is 10.4 Å². The van der Waals surface area contributed by atoms with Gasteiger partial charge in [-0.3, -0.25) is 4.79 Å². The summed E-state index contributed by atoms with van der Waals surface area (Å²) in [5.41, 5.74) is 1.83. The molecule has 116 valence electrons. The number of anilines is 1. The van der Waals surface area contributed by atoms with Crippen LogP contribution < -0.4 is 16.2 Å². The molecule has 6 nitrogen and oxygen atoms in total. The fraction of sp³-hybridized carbons (Fsp3) is 0.0625. The maximum Gasteiger partial charge on any atom is 0.319 e. The normalized spacial score (nSPS) is 10.3. The summed E-state index contributed by atoms with van der Waals surface area (Å²) in [5.74, 6) is 0. The zero-order valence-corrected chi connectivity index (χ0v) is 12.9. The number of carbonyl (C=O) groups excluding carboxylic acids is 1. The molecular formula is C16H14N4O2S. The van der Waals surface area contributed by atoms with Crippen molar-refractivity contribution in [3.05, 3.63) is 69.1 Å². The van der Waals surface area contributed by atoms with E-state index in [-0.39, 0.29) is 11.6 Å². The first-order valence-corrected chi connectivity index (χ1v) is 7.82. The molecule has 0 aliphatic rings. The van der Waals surface area contributed by atoms with E-state index in [1.807, 2.05) is 29.6 Å². The van der Waals surface area contributed by atoms with Crippen LogP contribution in [0.15, 0.2) is 58.7 Å². The fourth-order valence-electron chi connectivity index (χ4n) is 2.02. The van der Waals surface area contributed by atoms with Gasteiger partial charge in [0.15, 0.2) is 0 Å². The quantitative estimate of drug-likeness (QED) is 0.689. The van der Waals surface area contributed by atoms with E-state index >= 15 is 0 Å². The monoisotopic (exact) mass is 326 g/mol. The van der Waals surface area contributed by atoms with Crippen LogP contribution in [0.5, 0.6) is 0 Å². The van der Waals surface area contributed by atoms with Crippen LogP contribution in [-0.2, 0) is 6.54 Å². The van der Waals surface area contributed by atoms with Crippen LogP contribution in [0, 0.1) is 0 Å². The van der Waals surface area contributed by atoms with Crippen LogP contribution in [0.25, 0.3) is 11.3 Å². The van der Waals surface area contributed by atoms with E-state index < -0.39 is 0 Å². The number of nitrogens with zero attached hydrogens (tertiary/aromatic N) is 1. The van der Waals surface area contributed by atoms with Gasteiger partial charge in [0.1, 0.15) is 0 Å². The SMILES string of the molecule is O=C(NCc1cccs1)Nc1cccc(-c2ccc(=O)[nH]n2)c1. The maximum atomic E-state index is 11.9. The van der Waals surface area contributed by atoms with E-state index in [4.69, 9.17) is 0 Å². The fourth-order valence-corrected chi connectivity index (χ4v) is 2.66. The zero-order valence-electron chi connectivity index (χ0n) is 12.1. The smallest absolute Gasteiger partial charge is 0.319 e. The molecule has 0 radical (unpaired) electrons. The van der Waals surface area contributed by atoms with Gasteiger partial charge in [-0.1, -0.05) is 18.2 Å². The first kappa shape index (κ1) is 15.0. The second kappa shape index (κ2) is 6.89. The molecule has 7 heteroatoms. The third-order valence-electron chi connectivity index (χ3n) is 3.10. The topological polar surface area (TPSA) is 86.9 Å². The molecule has 0 atom stereocenters. The number of amides is 2. The van der Waals surface area contributed by atoms with Crippen LogP contribution >= 0.6 is 11.3 Å². The van der Waals surface area contributed by atoms with Crippen molar-refractivity contribution in [2.45, 2.75) is 6.54 Å². The van der Waals surface area contributed by atoms with E-state index in [1.54, 1.807) is 29.5 Å². The average Bonchev–Trinajstić information content (AvgIpc) is 3.07. The maximum absolute atomic E-state index is 11.9. The summed E-state index contributed by atoms with van der Waals surface area (Å²) in [6.45, 7) is 0.491. The first-order valence-electron chi connectivity index (χ1n) is 6.94. The second-order valence-electron chi connectivity index (χ2n) is 4.77. The van der Waals surface area contributed by atoms with E-state index in [9.17, 15) is 9.59 Å². The summed E-state index contributed by atoms with van der Waals surface area (Å²) >= 11 is 1.59. The van der Waals surface area contributed by atoms with E-state index in [1.165, 1.54) is 6.07 Å². The molecule has 0 saturated heterocycles. The number of thiophene rings is 1. The minimum atomic E-state index is -0.273. The highest BCUT2D eigenvalue weighted by atomic mass is 32.1. The number of H-pyrrole nitrogens is 1. The lowest BCUT2D eigenvalue weighted by Gasteiger charge is -2.08. The Bertz CT molecular complexity index is 838. The van der Waals surface area contributed by atoms with Crippen LogP contribution in [0.1, 0.15) is 4.88 Å². The van der Waals surface area contributed by atoms with Gasteiger partial charge in [-0.2, -0.15) is 5.10 Å². The number of rotatable bonds is 4. The van der Waals surface area contributed by atoms with Gasteiger partial charge in [-0.25, -0.2) is 9.89 Å². The molecule has 23 heavy (non-hydrogen) atoms. The largest absolute Gasteiger partial charge is 0.333 e. The molecule has 3 N–H and O–H groups in total. The molecule has 0 aliphatic heterocycles. The molecule has 3 rings (SSSR count). The van der Waals surface area contributed by atoms with Gasteiger partial charge in [-0.05, 0) is 29.6 Å². The highest BCUT2D eigenvalue weighted by molar-refractivity contribution is 7.09. The van der Waals surface area contributed by atoms with Crippen LogP contribution in [0.2, 0.25) is 0 Å². The van der Waals surface area contributed by atoms with Crippen molar-refractivity contribution in [3.63, 3.8) is 0 Å². The molecule has 0 fully saturated rings. The molecule has 0 bridgehead atoms. The third kappa shape index (κ3) is 4.04. The van der Waals surface area contributed by atoms with Crippen LogP contribution in [-0.4, -0.2) is 16.2 Å². The molecule has 2 aromatic heterocycles. The number of carbonyl (C=O) groups is 1. The molecule has 0 saturated carbocycles. The molecule has 2 heterocycles. The molecule has 0 unspecified atom stereocenters. The summed E-state index contributed by atoms with van der Waals surface area (Å²) in [6, 6.07) is 13.9. The summed E-state index contributed by atoms with van der Waals surface area (Å²) in [7, 11) is 0. The van der Waals surface area contributed by atoms with Gasteiger partial charge in [0.05, 0.1) is 12.2 Å². The van der Waals surface area contributed by atoms with Crippen molar-refractivity contribution >= 4 is 23.1 Å². The number of urea groups is 1. The van der Waals surface area contributed by atoms with Crippen LogP contribution in [0.4, 0.5) is 10.5 Å². The Kier molecular flexibility index (Phi) is 4.49. The average molecular weight is 326 g/mol. The van der Waals surface area contributed by atoms with Crippen molar-refractivity contribution in [2.75, 3.05) is 5.32 Å². The predicted octanol–water partition coefficient (Wildman–Crippen LogP) is 2.82. The lowest BCUT2D eigenvalue weighted by molar-refractivity contribution is 0.252. The number of aromatic nitrogens is 2. The van der Waals surface area contributed by atoms with E-state index in [0.29, 0.717) is 17.9 Å². The Morgan fingerprint density at radius 3 is 2.83 bits per heavy atom. The number of hydrogen-bond acceptors (Lipinski definition) is 4. The molecule has 1 aromatic carbocycles. The molecule has 2 amide bonds. The highest BCUT2D eigenvalue weighted by Crippen LogP contribution is 2.19. The van der Waals surface area contributed by atoms with Crippen molar-refractivity contribution < 1.29 is 4.79 Å². The van der Waals surface area contributed by atoms with Gasteiger partial charge in [-0.15, -0.1) is 11.3 Å². The highest BCUT2D eigenvalue weighted by Gasteiger charge is 2.05. The van der Waals surface area contributed by atoms with Crippen molar-refractivity contribution in [1.82, 2.24) is 15.5 Å². The molecule has 3 aromatic rings. The van der Waals surface area contributed by atoms with Gasteiger partial charge in [0, 0.05) is 22.2 Å². The van der Waals surface area contributed by atoms with Crippen molar-refractivity contribution in [3.8, 4) is 11.3 Å². The number of aromatic amines is 1. The van der Waals surface area contributed by atoms with Gasteiger partial charge in [0.25, 0.3) is 5.56 Å². The van der Waals surface area contributed by atoms with E-state index in [2.05, 4.69) is 20.8 Å². The van der Waals surface area contributed by atoms with Gasteiger partial charge in [0.2, 0.25) is 0 Å². The molecule has 0 spiro atoms. The first-order chi connectivity index (χ1) is 11.2. The summed E-state index contributed by atoms with van der Waals surface area (Å²) in [4.78, 5) is 24.1. The second-order valence-corrected chi connectivity index (χ2v) is 5.81. The minimum absolute atomic E-state index is 0.254. The third-order valence-corrected chi connectivity index (χ3v) is 3.97. The minimum Gasteiger partial charge on any atom is -0.333 e. The summed E-state index contributed by atoms with van der Waals surface area (Å²) in [6.07, 6.45) is 0. The molecule has 0 aliphatic carbocycles. The Morgan fingerprint density at radius 1 is 1.17 bits per heavy atom. The summed E-state index contributed by atoms with van der Waals surface area (Å²) < 4.78 is 0. The zero-order chi connectivity index (χ0) is 16.1. The lowest BCUT2D eigenvalue weighted by Crippen LogP contribution is -2.27. The standard InChI is InChI=1S/C16H14N4O2S/c21-15-7-6-14(19-20-15)11-3-1-4-12(9-11)18-16(22)17-10-13-5-2-8-23-13/h1-9H,10H2,(H,20,21)(H2,17,18,22). The predicted molar refractivity (Wildman–Crippen MR) is 90.5 cm³/mol. The number of benzene rings is 1. The Morgan fingerprint density at radius 2 is 2.09 bits per heavy atom.